The molecule has 1 saturated carbocycles. The van der Waals surface area contributed by atoms with Crippen molar-refractivity contribution in [3.63, 3.8) is 0 Å². The predicted molar refractivity (Wildman–Crippen MR) is 78.3 cm³/mol. The van der Waals surface area contributed by atoms with Crippen LogP contribution >= 0.6 is 0 Å². The van der Waals surface area contributed by atoms with Crippen LogP contribution in [0.5, 0.6) is 0 Å². The van der Waals surface area contributed by atoms with Gasteiger partial charge >= 0.3 is 5.97 Å². The van der Waals surface area contributed by atoms with E-state index in [1.54, 1.807) is 13.0 Å². The molecule has 2 fully saturated rings. The Morgan fingerprint density at radius 1 is 1.25 bits per heavy atom. The molecule has 1 saturated heterocycles. The van der Waals surface area contributed by atoms with E-state index in [1.807, 2.05) is 6.07 Å². The molecule has 0 amide bonds. The summed E-state index contributed by atoms with van der Waals surface area (Å²) in [5.74, 6) is 0.874. The van der Waals surface area contributed by atoms with Crippen molar-refractivity contribution in [2.75, 3.05) is 11.4 Å². The molecule has 1 aliphatic carbocycles. The Kier molecular flexibility index (Phi) is 3.64. The molecule has 108 valence electrons. The molecular weight excluding hydrogens is 252 g/mol. The molecule has 0 spiro atoms. The summed E-state index contributed by atoms with van der Waals surface area (Å²) >= 11 is 0. The molecule has 0 aromatic carbocycles. The number of fused-ring (bicyclic) bond motifs is 1. The van der Waals surface area contributed by atoms with Gasteiger partial charge < -0.3 is 10.0 Å². The van der Waals surface area contributed by atoms with E-state index in [-0.39, 0.29) is 0 Å². The van der Waals surface area contributed by atoms with Crippen LogP contribution in [0, 0.1) is 12.8 Å². The van der Waals surface area contributed by atoms with Crippen LogP contribution in [0.1, 0.15) is 54.6 Å². The van der Waals surface area contributed by atoms with Crippen molar-refractivity contribution < 1.29 is 9.90 Å². The van der Waals surface area contributed by atoms with E-state index < -0.39 is 5.97 Å². The lowest BCUT2D eigenvalue weighted by molar-refractivity contribution is 0.0695. The van der Waals surface area contributed by atoms with Crippen LogP contribution in [0.2, 0.25) is 0 Å². The lowest BCUT2D eigenvalue weighted by Gasteiger charge is -2.44. The number of anilines is 1. The quantitative estimate of drug-likeness (QED) is 0.899. The molecular formula is C16H22N2O2. The molecule has 1 aromatic rings. The summed E-state index contributed by atoms with van der Waals surface area (Å²) < 4.78 is 0. The van der Waals surface area contributed by atoms with Gasteiger partial charge in [-0.15, -0.1) is 0 Å². The number of hydrogen-bond donors (Lipinski definition) is 1. The van der Waals surface area contributed by atoms with Crippen molar-refractivity contribution >= 4 is 11.8 Å². The van der Waals surface area contributed by atoms with E-state index in [9.17, 15) is 4.79 Å². The number of pyridine rings is 1. The van der Waals surface area contributed by atoms with E-state index in [0.717, 1.165) is 18.3 Å². The van der Waals surface area contributed by atoms with Crippen molar-refractivity contribution in [1.29, 1.82) is 0 Å². The van der Waals surface area contributed by atoms with Crippen molar-refractivity contribution in [1.82, 2.24) is 4.98 Å². The molecule has 2 heterocycles. The van der Waals surface area contributed by atoms with Crippen LogP contribution in [-0.2, 0) is 0 Å². The predicted octanol–water partition coefficient (Wildman–Crippen LogP) is 3.25. The number of carbonyl (C=O) groups is 1. The standard InChI is InChI=1S/C16H22N2O2/c1-11-13(16(19)20)8-9-15(17-11)18-10-4-6-12-5-2-3-7-14(12)18/h8-9,12,14H,2-7,10H2,1H3,(H,19,20)/t12-,14-/m1/s1. The minimum atomic E-state index is -0.893. The summed E-state index contributed by atoms with van der Waals surface area (Å²) in [4.78, 5) is 18.1. The first kappa shape index (κ1) is 13.4. The third kappa shape index (κ3) is 2.39. The maximum absolute atomic E-state index is 11.1. The molecule has 4 heteroatoms. The van der Waals surface area contributed by atoms with E-state index in [4.69, 9.17) is 5.11 Å². The van der Waals surface area contributed by atoms with Crippen LogP contribution in [-0.4, -0.2) is 28.6 Å². The summed E-state index contributed by atoms with van der Waals surface area (Å²) in [5, 5.41) is 9.10. The van der Waals surface area contributed by atoms with Gasteiger partial charge in [-0.3, -0.25) is 0 Å². The first-order valence-corrected chi connectivity index (χ1v) is 7.64. The lowest BCUT2D eigenvalue weighted by Crippen LogP contribution is -2.47. The molecule has 1 aliphatic heterocycles. The molecule has 4 nitrogen and oxygen atoms in total. The summed E-state index contributed by atoms with van der Waals surface area (Å²) in [7, 11) is 0. The fraction of sp³-hybridized carbons (Fsp3) is 0.625. The fourth-order valence-corrected chi connectivity index (χ4v) is 3.84. The average Bonchev–Trinajstić information content (AvgIpc) is 2.46. The second-order valence-electron chi connectivity index (χ2n) is 6.06. The van der Waals surface area contributed by atoms with E-state index in [0.29, 0.717) is 17.3 Å². The van der Waals surface area contributed by atoms with Crippen molar-refractivity contribution in [2.45, 2.75) is 51.5 Å². The van der Waals surface area contributed by atoms with Gasteiger partial charge in [0.25, 0.3) is 0 Å². The molecule has 1 N–H and O–H groups in total. The Labute approximate surface area is 119 Å². The number of carboxylic acids is 1. The van der Waals surface area contributed by atoms with Gasteiger partial charge in [0, 0.05) is 12.6 Å². The third-order valence-corrected chi connectivity index (χ3v) is 4.84. The van der Waals surface area contributed by atoms with Crippen LogP contribution < -0.4 is 4.90 Å². The molecule has 3 rings (SSSR count). The maximum atomic E-state index is 11.1. The normalized spacial score (nSPS) is 26.1. The molecule has 1 aromatic heterocycles. The molecule has 0 bridgehead atoms. The molecule has 0 radical (unpaired) electrons. The first-order chi connectivity index (χ1) is 9.66. The summed E-state index contributed by atoms with van der Waals surface area (Å²) in [6, 6.07) is 4.19. The Hall–Kier alpha value is -1.58. The molecule has 2 atom stereocenters. The summed E-state index contributed by atoms with van der Waals surface area (Å²) in [5.41, 5.74) is 0.930. The van der Waals surface area contributed by atoms with Gasteiger partial charge in [0.05, 0.1) is 11.3 Å². The monoisotopic (exact) mass is 274 g/mol. The smallest absolute Gasteiger partial charge is 0.337 e. The Bertz CT molecular complexity index is 513. The second-order valence-corrected chi connectivity index (χ2v) is 6.06. The van der Waals surface area contributed by atoms with Crippen LogP contribution in [0.25, 0.3) is 0 Å². The SMILES string of the molecule is Cc1nc(N2CCC[C@H]3CCCC[C@H]32)ccc1C(=O)O. The average molecular weight is 274 g/mol. The Balaban J connectivity index is 1.87. The highest BCUT2D eigenvalue weighted by atomic mass is 16.4. The van der Waals surface area contributed by atoms with E-state index >= 15 is 0 Å². The van der Waals surface area contributed by atoms with Gasteiger partial charge in [-0.05, 0) is 50.7 Å². The Morgan fingerprint density at radius 2 is 2.00 bits per heavy atom. The van der Waals surface area contributed by atoms with Gasteiger partial charge in [0.1, 0.15) is 5.82 Å². The zero-order valence-electron chi connectivity index (χ0n) is 12.0. The molecule has 20 heavy (non-hydrogen) atoms. The van der Waals surface area contributed by atoms with E-state index in [2.05, 4.69) is 9.88 Å². The van der Waals surface area contributed by atoms with Crippen molar-refractivity contribution in [3.8, 4) is 0 Å². The van der Waals surface area contributed by atoms with Gasteiger partial charge in [0.2, 0.25) is 0 Å². The number of carboxylic acid groups (broad SMARTS) is 1. The number of nitrogens with zero attached hydrogens (tertiary/aromatic N) is 2. The first-order valence-electron chi connectivity index (χ1n) is 7.64. The summed E-state index contributed by atoms with van der Waals surface area (Å²) in [6.45, 7) is 2.84. The largest absolute Gasteiger partial charge is 0.478 e. The minimum absolute atomic E-state index is 0.311. The number of piperidine rings is 1. The number of aromatic carboxylic acids is 1. The number of rotatable bonds is 2. The highest BCUT2D eigenvalue weighted by Crippen LogP contribution is 2.37. The van der Waals surface area contributed by atoms with Crippen LogP contribution in [0.4, 0.5) is 5.82 Å². The summed E-state index contributed by atoms with van der Waals surface area (Å²) in [6.07, 6.45) is 7.83. The zero-order valence-corrected chi connectivity index (χ0v) is 12.0. The van der Waals surface area contributed by atoms with Gasteiger partial charge in [0.15, 0.2) is 0 Å². The number of hydrogen-bond acceptors (Lipinski definition) is 3. The maximum Gasteiger partial charge on any atom is 0.337 e. The highest BCUT2D eigenvalue weighted by Gasteiger charge is 2.33. The van der Waals surface area contributed by atoms with Crippen molar-refractivity contribution in [3.05, 3.63) is 23.4 Å². The van der Waals surface area contributed by atoms with Crippen LogP contribution in [0.15, 0.2) is 12.1 Å². The topological polar surface area (TPSA) is 53.4 Å². The second kappa shape index (κ2) is 5.43. The third-order valence-electron chi connectivity index (χ3n) is 4.84. The van der Waals surface area contributed by atoms with Gasteiger partial charge in [-0.25, -0.2) is 9.78 Å². The molecule has 0 unspecified atom stereocenters. The van der Waals surface area contributed by atoms with Crippen LogP contribution in [0.3, 0.4) is 0 Å². The lowest BCUT2D eigenvalue weighted by atomic mass is 9.78. The number of aromatic nitrogens is 1. The number of aryl methyl sites for hydroxylation is 1. The fourth-order valence-electron chi connectivity index (χ4n) is 3.84. The highest BCUT2D eigenvalue weighted by molar-refractivity contribution is 5.89. The molecule has 2 aliphatic rings. The van der Waals surface area contributed by atoms with Gasteiger partial charge in [-0.2, -0.15) is 0 Å². The minimum Gasteiger partial charge on any atom is -0.478 e. The Morgan fingerprint density at radius 3 is 2.75 bits per heavy atom. The zero-order chi connectivity index (χ0) is 14.1. The van der Waals surface area contributed by atoms with Crippen molar-refractivity contribution in [2.24, 2.45) is 5.92 Å². The van der Waals surface area contributed by atoms with E-state index in [1.165, 1.54) is 38.5 Å². The van der Waals surface area contributed by atoms with Gasteiger partial charge in [-0.1, -0.05) is 12.8 Å².